The smallest absolute Gasteiger partial charge is 0.410 e. The molecule has 0 aromatic heterocycles. The molecular weight excluding hydrogens is 557 g/mol. The zero-order chi connectivity index (χ0) is 26.3. The Morgan fingerprint density at radius 3 is 2.41 bits per heavy atom. The molecule has 6 nitrogen and oxygen atoms in total. The molecule has 37 heavy (non-hydrogen) atoms. The standard InChI is InChI=1S/C27H22Cl3NO5S/c28-18-3-1-4-20(14-18)37(34,35)25-15-19(31-9-10-36-27(31)33)13-17-8-7-16(11-21(17)25)12-24(32)26-22(29)5-2-6-23(26)30/h1-8,11,14,19,25H,9-10,12-13,15H2/t19-,25?/m1/s1. The monoisotopic (exact) mass is 577 g/mol. The quantitative estimate of drug-likeness (QED) is 0.318. The summed E-state index contributed by atoms with van der Waals surface area (Å²) in [5.41, 5.74) is 2.29. The van der Waals surface area contributed by atoms with Gasteiger partial charge < -0.3 is 9.64 Å². The first-order valence-electron chi connectivity index (χ1n) is 11.7. The molecule has 3 aromatic rings. The summed E-state index contributed by atoms with van der Waals surface area (Å²) in [5, 5.41) is -0.103. The van der Waals surface area contributed by atoms with Crippen LogP contribution in [0.2, 0.25) is 15.1 Å². The molecule has 1 heterocycles. The lowest BCUT2D eigenvalue weighted by Gasteiger charge is -2.35. The van der Waals surface area contributed by atoms with Gasteiger partial charge in [0.1, 0.15) is 6.61 Å². The largest absolute Gasteiger partial charge is 0.448 e. The van der Waals surface area contributed by atoms with Crippen molar-refractivity contribution in [3.63, 3.8) is 0 Å². The van der Waals surface area contributed by atoms with E-state index in [1.807, 2.05) is 6.07 Å². The predicted octanol–water partition coefficient (Wildman–Crippen LogP) is 6.35. The second-order valence-electron chi connectivity index (χ2n) is 9.12. The third-order valence-corrected chi connectivity index (χ3v) is 9.81. The Kier molecular flexibility index (Phi) is 7.24. The van der Waals surface area contributed by atoms with Gasteiger partial charge in [0.05, 0.1) is 32.3 Å². The van der Waals surface area contributed by atoms with Gasteiger partial charge in [-0.25, -0.2) is 13.2 Å². The van der Waals surface area contributed by atoms with E-state index in [2.05, 4.69) is 0 Å². The van der Waals surface area contributed by atoms with E-state index >= 15 is 0 Å². The second kappa shape index (κ2) is 10.3. The van der Waals surface area contributed by atoms with Crippen molar-refractivity contribution in [1.82, 2.24) is 4.90 Å². The average Bonchev–Trinajstić information content (AvgIpc) is 3.29. The molecule has 0 bridgehead atoms. The van der Waals surface area contributed by atoms with E-state index < -0.39 is 21.2 Å². The van der Waals surface area contributed by atoms with Crippen LogP contribution in [0.5, 0.6) is 0 Å². The minimum Gasteiger partial charge on any atom is -0.448 e. The van der Waals surface area contributed by atoms with Gasteiger partial charge >= 0.3 is 6.09 Å². The summed E-state index contributed by atoms with van der Waals surface area (Å²) in [7, 11) is -3.88. The SMILES string of the molecule is O=C(Cc1ccc2c(c1)C(S(=O)(=O)c1cccc(Cl)c1)C[C@H](N1CCOC1=O)C2)c1c(Cl)cccc1Cl. The Morgan fingerprint density at radius 2 is 1.73 bits per heavy atom. The molecule has 3 aromatic carbocycles. The fraction of sp³-hybridized carbons (Fsp3) is 0.259. The van der Waals surface area contributed by atoms with Crippen LogP contribution in [0.4, 0.5) is 4.79 Å². The van der Waals surface area contributed by atoms with Gasteiger partial charge in [-0.2, -0.15) is 0 Å². The molecule has 1 fully saturated rings. The van der Waals surface area contributed by atoms with Crippen LogP contribution in [0.3, 0.4) is 0 Å². The third kappa shape index (κ3) is 5.10. The first-order valence-corrected chi connectivity index (χ1v) is 14.3. The number of fused-ring (bicyclic) bond motifs is 1. The van der Waals surface area contributed by atoms with Crippen LogP contribution >= 0.6 is 34.8 Å². The fourth-order valence-corrected chi connectivity index (χ4v) is 7.85. The van der Waals surface area contributed by atoms with Crippen LogP contribution in [0.1, 0.15) is 38.7 Å². The Morgan fingerprint density at radius 1 is 1.00 bits per heavy atom. The summed E-state index contributed by atoms with van der Waals surface area (Å²) in [6.07, 6.45) is 0.246. The summed E-state index contributed by atoms with van der Waals surface area (Å²) < 4.78 is 32.9. The molecule has 0 N–H and O–H groups in total. The number of hydrogen-bond acceptors (Lipinski definition) is 5. The zero-order valence-corrected chi connectivity index (χ0v) is 22.6. The lowest BCUT2D eigenvalue weighted by Crippen LogP contribution is -2.42. The van der Waals surface area contributed by atoms with E-state index in [0.717, 1.165) is 5.56 Å². The fourth-order valence-electron chi connectivity index (χ4n) is 5.07. The maximum Gasteiger partial charge on any atom is 0.410 e. The van der Waals surface area contributed by atoms with Gasteiger partial charge in [0.15, 0.2) is 15.6 Å². The van der Waals surface area contributed by atoms with Crippen LogP contribution in [-0.4, -0.2) is 44.4 Å². The van der Waals surface area contributed by atoms with E-state index in [4.69, 9.17) is 39.5 Å². The van der Waals surface area contributed by atoms with Crippen LogP contribution in [0.15, 0.2) is 65.6 Å². The van der Waals surface area contributed by atoms with Crippen LogP contribution in [-0.2, 0) is 27.4 Å². The van der Waals surface area contributed by atoms with Crippen molar-refractivity contribution in [2.24, 2.45) is 0 Å². The molecule has 192 valence electrons. The molecule has 1 unspecified atom stereocenters. The Bertz CT molecular complexity index is 1490. The first-order chi connectivity index (χ1) is 17.6. The van der Waals surface area contributed by atoms with Crippen molar-refractivity contribution in [1.29, 1.82) is 0 Å². The van der Waals surface area contributed by atoms with Crippen molar-refractivity contribution in [2.45, 2.75) is 35.4 Å². The summed E-state index contributed by atoms with van der Waals surface area (Å²) in [6, 6.07) is 16.1. The molecule has 1 aliphatic carbocycles. The van der Waals surface area contributed by atoms with Crippen molar-refractivity contribution in [3.8, 4) is 0 Å². The third-order valence-electron chi connectivity index (χ3n) is 6.84. The Balaban J connectivity index is 1.54. The number of cyclic esters (lactones) is 1. The predicted molar refractivity (Wildman–Crippen MR) is 142 cm³/mol. The molecule has 0 radical (unpaired) electrons. The molecule has 1 saturated heterocycles. The second-order valence-corrected chi connectivity index (χ2v) is 12.5. The maximum atomic E-state index is 13.9. The van der Waals surface area contributed by atoms with Crippen LogP contribution in [0, 0.1) is 0 Å². The number of Topliss-reactive ketones (excluding diaryl/α,β-unsaturated/α-hetero) is 1. The average molecular weight is 579 g/mol. The number of ether oxygens (including phenoxy) is 1. The summed E-state index contributed by atoms with van der Waals surface area (Å²) in [4.78, 5) is 27.1. The number of halogens is 3. The van der Waals surface area contributed by atoms with Crippen molar-refractivity contribution in [3.05, 3.63) is 98.0 Å². The minimum atomic E-state index is -3.88. The molecule has 0 spiro atoms. The van der Waals surface area contributed by atoms with E-state index in [0.29, 0.717) is 29.1 Å². The van der Waals surface area contributed by atoms with Gasteiger partial charge in [0.25, 0.3) is 0 Å². The van der Waals surface area contributed by atoms with Gasteiger partial charge in [0, 0.05) is 17.5 Å². The summed E-state index contributed by atoms with van der Waals surface area (Å²) in [6.45, 7) is 0.688. The normalized spacial score (nSPS) is 19.4. The van der Waals surface area contributed by atoms with E-state index in [-0.39, 0.29) is 51.8 Å². The van der Waals surface area contributed by atoms with Gasteiger partial charge in [0.2, 0.25) is 0 Å². The number of benzene rings is 3. The molecular formula is C27H22Cl3NO5S. The van der Waals surface area contributed by atoms with Gasteiger partial charge in [-0.1, -0.05) is 65.1 Å². The van der Waals surface area contributed by atoms with Crippen molar-refractivity contribution < 1.29 is 22.7 Å². The minimum absolute atomic E-state index is 0.00253. The Hall–Kier alpha value is -2.58. The number of carbonyl (C=O) groups excluding carboxylic acids is 2. The molecule has 1 aliphatic heterocycles. The highest BCUT2D eigenvalue weighted by Crippen LogP contribution is 2.42. The lowest BCUT2D eigenvalue weighted by molar-refractivity contribution is 0.0993. The van der Waals surface area contributed by atoms with Gasteiger partial charge in [-0.05, 0) is 59.9 Å². The highest BCUT2D eigenvalue weighted by atomic mass is 35.5. The first kappa shape index (κ1) is 26.0. The van der Waals surface area contributed by atoms with Crippen molar-refractivity contribution in [2.75, 3.05) is 13.2 Å². The van der Waals surface area contributed by atoms with E-state index in [1.54, 1.807) is 47.4 Å². The number of hydrogen-bond donors (Lipinski definition) is 0. The number of sulfone groups is 1. The zero-order valence-electron chi connectivity index (χ0n) is 19.5. The summed E-state index contributed by atoms with van der Waals surface area (Å²) >= 11 is 18.6. The molecule has 10 heteroatoms. The number of rotatable bonds is 6. The number of nitrogens with zero attached hydrogens (tertiary/aromatic N) is 1. The molecule has 1 amide bonds. The highest BCUT2D eigenvalue weighted by molar-refractivity contribution is 7.91. The van der Waals surface area contributed by atoms with Crippen LogP contribution in [0.25, 0.3) is 0 Å². The Labute approximate surface area is 230 Å². The van der Waals surface area contributed by atoms with Gasteiger partial charge in [-0.15, -0.1) is 0 Å². The number of ketones is 1. The van der Waals surface area contributed by atoms with E-state index in [9.17, 15) is 18.0 Å². The number of carbonyl (C=O) groups is 2. The molecule has 0 saturated carbocycles. The van der Waals surface area contributed by atoms with Gasteiger partial charge in [-0.3, -0.25) is 4.79 Å². The lowest BCUT2D eigenvalue weighted by atomic mass is 9.85. The molecule has 2 aliphatic rings. The van der Waals surface area contributed by atoms with Crippen molar-refractivity contribution >= 4 is 56.5 Å². The van der Waals surface area contributed by atoms with E-state index in [1.165, 1.54) is 12.1 Å². The highest BCUT2D eigenvalue weighted by Gasteiger charge is 2.41. The topological polar surface area (TPSA) is 80.8 Å². The maximum absolute atomic E-state index is 13.9. The van der Waals surface area contributed by atoms with Crippen LogP contribution < -0.4 is 0 Å². The molecule has 5 rings (SSSR count). The molecule has 2 atom stereocenters. The summed E-state index contributed by atoms with van der Waals surface area (Å²) in [5.74, 6) is -0.265. The number of amides is 1.